The van der Waals surface area contributed by atoms with Gasteiger partial charge < -0.3 is 0 Å². The van der Waals surface area contributed by atoms with Crippen LogP contribution < -0.4 is 0 Å². The van der Waals surface area contributed by atoms with Crippen molar-refractivity contribution in [1.29, 1.82) is 0 Å². The van der Waals surface area contributed by atoms with E-state index >= 15 is 0 Å². The topological polar surface area (TPSA) is 43.6 Å². The fraction of sp³-hybridized carbons (Fsp3) is 0. The predicted octanol–water partition coefficient (Wildman–Crippen LogP) is 9.64. The second-order valence-electron chi connectivity index (χ2n) is 10.6. The van der Waals surface area contributed by atoms with Crippen LogP contribution in [-0.4, -0.2) is 20.0 Å². The van der Waals surface area contributed by atoms with Gasteiger partial charge in [-0.3, -0.25) is 4.98 Å². The van der Waals surface area contributed by atoms with Crippen LogP contribution in [0.1, 0.15) is 0 Å². The van der Waals surface area contributed by atoms with Crippen LogP contribution in [0, 0.1) is 0 Å². The molecule has 0 atom stereocenters. The van der Waals surface area contributed by atoms with Gasteiger partial charge in [-0.25, -0.2) is 0 Å². The van der Waals surface area contributed by atoms with Crippen molar-refractivity contribution in [2.45, 2.75) is 0 Å². The summed E-state index contributed by atoms with van der Waals surface area (Å²) in [7, 11) is 0. The maximum atomic E-state index is 4.98. The molecule has 0 fully saturated rings. The normalized spacial score (nSPS) is 11.3. The number of pyridine rings is 1. The molecule has 0 aliphatic rings. The standard InChI is InChI=1S/C39H26N4/c1-3-9-27(10-4-1)31-23-32(28-11-5-2-6-12-28)25-33(24-31)37-26-38-39(36-14-8-7-13-35(36)37)42-43(41-38)34-17-15-29(16-18-34)30-19-21-40-22-20-30/h1-26H. The number of hydrogen-bond donors (Lipinski definition) is 0. The number of fused-ring (bicyclic) bond motifs is 3. The quantitative estimate of drug-likeness (QED) is 0.214. The lowest BCUT2D eigenvalue weighted by Crippen LogP contribution is -1.98. The Labute approximate surface area is 249 Å². The molecule has 8 aromatic rings. The highest BCUT2D eigenvalue weighted by molar-refractivity contribution is 6.11. The van der Waals surface area contributed by atoms with E-state index in [1.807, 2.05) is 24.5 Å². The van der Waals surface area contributed by atoms with E-state index in [2.05, 4.69) is 138 Å². The van der Waals surface area contributed by atoms with Crippen LogP contribution in [0.4, 0.5) is 0 Å². The zero-order valence-corrected chi connectivity index (χ0v) is 23.3. The maximum absolute atomic E-state index is 4.98. The van der Waals surface area contributed by atoms with E-state index < -0.39 is 0 Å². The SMILES string of the molecule is c1ccc(-c2cc(-c3ccccc3)cc(-c3cc4nn(-c5ccc(-c6ccncc6)cc5)nc4c4ccccc34)c2)cc1. The number of benzene rings is 6. The van der Waals surface area contributed by atoms with Gasteiger partial charge in [-0.15, -0.1) is 10.2 Å². The minimum atomic E-state index is 0.860. The van der Waals surface area contributed by atoms with E-state index in [4.69, 9.17) is 10.2 Å². The average molecular weight is 551 g/mol. The molecule has 0 N–H and O–H groups in total. The van der Waals surface area contributed by atoms with Gasteiger partial charge in [-0.05, 0) is 98.4 Å². The summed E-state index contributed by atoms with van der Waals surface area (Å²) in [5.41, 5.74) is 11.9. The summed E-state index contributed by atoms with van der Waals surface area (Å²) in [5, 5.41) is 12.2. The van der Waals surface area contributed by atoms with Crippen LogP contribution in [0.3, 0.4) is 0 Å². The Morgan fingerprint density at radius 3 is 1.58 bits per heavy atom. The molecule has 2 aromatic heterocycles. The predicted molar refractivity (Wildman–Crippen MR) is 176 cm³/mol. The summed E-state index contributed by atoms with van der Waals surface area (Å²) < 4.78 is 0. The van der Waals surface area contributed by atoms with Crippen LogP contribution in [0.2, 0.25) is 0 Å². The van der Waals surface area contributed by atoms with Crippen molar-refractivity contribution in [3.8, 4) is 50.2 Å². The Morgan fingerprint density at radius 2 is 0.930 bits per heavy atom. The van der Waals surface area contributed by atoms with Crippen molar-refractivity contribution in [2.24, 2.45) is 0 Å². The third-order valence-electron chi connectivity index (χ3n) is 7.96. The van der Waals surface area contributed by atoms with Crippen molar-refractivity contribution in [3.05, 3.63) is 158 Å². The lowest BCUT2D eigenvalue weighted by Gasteiger charge is -2.13. The summed E-state index contributed by atoms with van der Waals surface area (Å²) in [6.07, 6.45) is 3.62. The van der Waals surface area contributed by atoms with Crippen LogP contribution in [-0.2, 0) is 0 Å². The Bertz CT molecular complexity index is 2150. The minimum absolute atomic E-state index is 0.860. The Balaban J connectivity index is 1.29. The molecule has 0 bridgehead atoms. The fourth-order valence-corrected chi connectivity index (χ4v) is 5.81. The van der Waals surface area contributed by atoms with Crippen molar-refractivity contribution >= 4 is 21.8 Å². The van der Waals surface area contributed by atoms with Gasteiger partial charge >= 0.3 is 0 Å². The minimum Gasteiger partial charge on any atom is -0.265 e. The molecule has 4 nitrogen and oxygen atoms in total. The van der Waals surface area contributed by atoms with Gasteiger partial charge in [0.25, 0.3) is 0 Å². The van der Waals surface area contributed by atoms with Crippen LogP contribution in [0.5, 0.6) is 0 Å². The highest BCUT2D eigenvalue weighted by Crippen LogP contribution is 2.38. The van der Waals surface area contributed by atoms with E-state index in [9.17, 15) is 0 Å². The second kappa shape index (κ2) is 10.5. The molecule has 8 rings (SSSR count). The highest BCUT2D eigenvalue weighted by Gasteiger charge is 2.15. The molecule has 0 saturated heterocycles. The monoisotopic (exact) mass is 550 g/mol. The third-order valence-corrected chi connectivity index (χ3v) is 7.96. The van der Waals surface area contributed by atoms with Gasteiger partial charge in [0.15, 0.2) is 0 Å². The number of nitrogens with zero attached hydrogens (tertiary/aromatic N) is 4. The van der Waals surface area contributed by atoms with Crippen LogP contribution in [0.15, 0.2) is 158 Å². The molecular weight excluding hydrogens is 524 g/mol. The molecule has 0 radical (unpaired) electrons. The van der Waals surface area contributed by atoms with Gasteiger partial charge in [0.2, 0.25) is 0 Å². The molecule has 0 saturated carbocycles. The summed E-state index contributed by atoms with van der Waals surface area (Å²) in [4.78, 5) is 5.87. The summed E-state index contributed by atoms with van der Waals surface area (Å²) in [5.74, 6) is 0. The van der Waals surface area contributed by atoms with Crippen molar-refractivity contribution < 1.29 is 0 Å². The van der Waals surface area contributed by atoms with Crippen molar-refractivity contribution in [3.63, 3.8) is 0 Å². The summed E-state index contributed by atoms with van der Waals surface area (Å²) in [6, 6.07) is 51.0. The van der Waals surface area contributed by atoms with Crippen LogP contribution in [0.25, 0.3) is 72.0 Å². The van der Waals surface area contributed by atoms with E-state index in [1.165, 1.54) is 22.3 Å². The molecule has 4 heteroatoms. The van der Waals surface area contributed by atoms with E-state index in [0.29, 0.717) is 0 Å². The third kappa shape index (κ3) is 4.65. The Morgan fingerprint density at radius 1 is 0.395 bits per heavy atom. The van der Waals surface area contributed by atoms with Gasteiger partial charge in [-0.1, -0.05) is 97.1 Å². The fourth-order valence-electron chi connectivity index (χ4n) is 5.81. The molecule has 43 heavy (non-hydrogen) atoms. The molecule has 202 valence electrons. The number of rotatable bonds is 5. The highest BCUT2D eigenvalue weighted by atomic mass is 15.5. The number of hydrogen-bond acceptors (Lipinski definition) is 3. The first-order chi connectivity index (χ1) is 21.3. The second-order valence-corrected chi connectivity index (χ2v) is 10.6. The summed E-state index contributed by atoms with van der Waals surface area (Å²) >= 11 is 0. The zero-order chi connectivity index (χ0) is 28.6. The lowest BCUT2D eigenvalue weighted by atomic mass is 9.91. The van der Waals surface area contributed by atoms with E-state index in [-0.39, 0.29) is 0 Å². The molecule has 2 heterocycles. The molecule has 0 aliphatic carbocycles. The first-order valence-electron chi connectivity index (χ1n) is 14.4. The summed E-state index contributed by atoms with van der Waals surface area (Å²) in [6.45, 7) is 0. The van der Waals surface area contributed by atoms with E-state index in [1.54, 1.807) is 4.80 Å². The van der Waals surface area contributed by atoms with E-state index in [0.717, 1.165) is 49.7 Å². The zero-order valence-electron chi connectivity index (χ0n) is 23.3. The Kier molecular flexibility index (Phi) is 6.08. The molecule has 0 aliphatic heterocycles. The largest absolute Gasteiger partial charge is 0.265 e. The Hall–Kier alpha value is -5.87. The van der Waals surface area contributed by atoms with Gasteiger partial charge in [0.05, 0.1) is 5.69 Å². The first kappa shape index (κ1) is 24.9. The van der Waals surface area contributed by atoms with Gasteiger partial charge in [0, 0.05) is 17.8 Å². The average Bonchev–Trinajstić information content (AvgIpc) is 3.54. The molecule has 0 unspecified atom stereocenters. The smallest absolute Gasteiger partial charge is 0.121 e. The lowest BCUT2D eigenvalue weighted by molar-refractivity contribution is 0.766. The molecular formula is C39H26N4. The van der Waals surface area contributed by atoms with Crippen molar-refractivity contribution in [1.82, 2.24) is 20.0 Å². The van der Waals surface area contributed by atoms with Crippen LogP contribution >= 0.6 is 0 Å². The van der Waals surface area contributed by atoms with Gasteiger partial charge in [0.1, 0.15) is 11.0 Å². The molecule has 0 amide bonds. The molecule has 0 spiro atoms. The first-order valence-corrected chi connectivity index (χ1v) is 14.4. The number of aromatic nitrogens is 4. The maximum Gasteiger partial charge on any atom is 0.121 e. The van der Waals surface area contributed by atoms with Crippen molar-refractivity contribution in [2.75, 3.05) is 0 Å². The molecule has 6 aromatic carbocycles. The van der Waals surface area contributed by atoms with Gasteiger partial charge in [-0.2, -0.15) is 4.80 Å².